The molecular weight excluding hydrogens is 232 g/mol. The van der Waals surface area contributed by atoms with E-state index < -0.39 is 5.24 Å². The molecular formula is C8H2Cl3NO. The van der Waals surface area contributed by atoms with Crippen molar-refractivity contribution in [2.24, 2.45) is 0 Å². The summed E-state index contributed by atoms with van der Waals surface area (Å²) in [6.07, 6.45) is 0. The molecule has 2 nitrogen and oxygen atoms in total. The quantitative estimate of drug-likeness (QED) is 0.700. The monoisotopic (exact) mass is 233 g/mol. The van der Waals surface area contributed by atoms with Gasteiger partial charge in [0, 0.05) is 5.02 Å². The normalized spacial score (nSPS) is 9.38. The Morgan fingerprint density at radius 1 is 1.38 bits per heavy atom. The summed E-state index contributed by atoms with van der Waals surface area (Å²) in [6, 6.07) is 4.49. The lowest BCUT2D eigenvalue weighted by Gasteiger charge is -2.00. The van der Waals surface area contributed by atoms with Gasteiger partial charge in [0.05, 0.1) is 16.1 Å². The Kier molecular flexibility index (Phi) is 3.16. The Bertz CT molecular complexity index is 409. The Morgan fingerprint density at radius 2 is 2.00 bits per heavy atom. The van der Waals surface area contributed by atoms with Crippen molar-refractivity contribution in [2.45, 2.75) is 0 Å². The summed E-state index contributed by atoms with van der Waals surface area (Å²) < 4.78 is 0. The van der Waals surface area contributed by atoms with Crippen molar-refractivity contribution in [3.05, 3.63) is 33.3 Å². The second-order valence-electron chi connectivity index (χ2n) is 2.20. The predicted molar refractivity (Wildman–Crippen MR) is 51.4 cm³/mol. The van der Waals surface area contributed by atoms with Crippen molar-refractivity contribution < 1.29 is 4.79 Å². The Morgan fingerprint density at radius 3 is 2.46 bits per heavy atom. The summed E-state index contributed by atoms with van der Waals surface area (Å²) in [7, 11) is 0. The molecule has 0 aliphatic rings. The van der Waals surface area contributed by atoms with Crippen molar-refractivity contribution in [1.29, 1.82) is 5.26 Å². The lowest BCUT2D eigenvalue weighted by molar-refractivity contribution is 0.108. The van der Waals surface area contributed by atoms with Gasteiger partial charge < -0.3 is 0 Å². The van der Waals surface area contributed by atoms with Crippen LogP contribution in [-0.2, 0) is 0 Å². The molecule has 0 radical (unpaired) electrons. The first kappa shape index (κ1) is 10.3. The van der Waals surface area contributed by atoms with Crippen molar-refractivity contribution in [3.63, 3.8) is 0 Å². The second kappa shape index (κ2) is 3.97. The van der Waals surface area contributed by atoms with E-state index in [2.05, 4.69) is 0 Å². The van der Waals surface area contributed by atoms with E-state index >= 15 is 0 Å². The molecule has 0 saturated carbocycles. The summed E-state index contributed by atoms with van der Waals surface area (Å²) in [6.45, 7) is 0. The summed E-state index contributed by atoms with van der Waals surface area (Å²) in [5, 5.41) is 8.16. The fourth-order valence-electron chi connectivity index (χ4n) is 0.814. The van der Waals surface area contributed by atoms with E-state index in [0.717, 1.165) is 0 Å². The minimum Gasteiger partial charge on any atom is -0.276 e. The summed E-state index contributed by atoms with van der Waals surface area (Å²) >= 11 is 16.5. The van der Waals surface area contributed by atoms with Crippen molar-refractivity contribution in [2.75, 3.05) is 0 Å². The number of nitrogens with zero attached hydrogens (tertiary/aromatic N) is 1. The van der Waals surface area contributed by atoms with Crippen molar-refractivity contribution in [1.82, 2.24) is 0 Å². The number of hydrogen-bond donors (Lipinski definition) is 0. The molecule has 0 N–H and O–H groups in total. The maximum atomic E-state index is 10.8. The highest BCUT2D eigenvalue weighted by Gasteiger charge is 2.12. The fourth-order valence-corrected chi connectivity index (χ4v) is 1.47. The highest BCUT2D eigenvalue weighted by Crippen LogP contribution is 2.26. The zero-order valence-electron chi connectivity index (χ0n) is 6.14. The van der Waals surface area contributed by atoms with Gasteiger partial charge in [0.15, 0.2) is 0 Å². The molecule has 0 fully saturated rings. The first-order valence-electron chi connectivity index (χ1n) is 3.15. The van der Waals surface area contributed by atoms with Crippen LogP contribution >= 0.6 is 34.8 Å². The van der Waals surface area contributed by atoms with E-state index in [-0.39, 0.29) is 21.2 Å². The van der Waals surface area contributed by atoms with E-state index in [4.69, 9.17) is 40.1 Å². The highest BCUT2D eigenvalue weighted by atomic mass is 35.5. The molecule has 0 unspecified atom stereocenters. The van der Waals surface area contributed by atoms with E-state index in [1.807, 2.05) is 0 Å². The SMILES string of the molecule is N#Cc1cc(Cl)cc(C(=O)Cl)c1Cl. The van der Waals surface area contributed by atoms with Gasteiger partial charge in [-0.25, -0.2) is 0 Å². The number of carbonyl (C=O) groups excluding carboxylic acids is 1. The summed E-state index contributed by atoms with van der Waals surface area (Å²) in [4.78, 5) is 10.8. The molecule has 0 aliphatic carbocycles. The minimum atomic E-state index is -0.732. The Balaban J connectivity index is 3.47. The van der Waals surface area contributed by atoms with Gasteiger partial charge in [0.2, 0.25) is 0 Å². The molecule has 1 aromatic carbocycles. The largest absolute Gasteiger partial charge is 0.276 e. The topological polar surface area (TPSA) is 40.9 Å². The van der Waals surface area contributed by atoms with Crippen molar-refractivity contribution in [3.8, 4) is 6.07 Å². The molecule has 0 amide bonds. The van der Waals surface area contributed by atoms with Crippen LogP contribution in [0, 0.1) is 11.3 Å². The number of nitriles is 1. The zero-order valence-corrected chi connectivity index (χ0v) is 8.41. The Hall–Kier alpha value is -0.750. The van der Waals surface area contributed by atoms with Crippen LogP contribution in [0.5, 0.6) is 0 Å². The van der Waals surface area contributed by atoms with Crippen LogP contribution in [-0.4, -0.2) is 5.24 Å². The molecule has 1 aromatic rings. The molecule has 0 heterocycles. The van der Waals surface area contributed by atoms with Crippen molar-refractivity contribution >= 4 is 40.0 Å². The van der Waals surface area contributed by atoms with Crippen LogP contribution in [0.15, 0.2) is 12.1 Å². The third-order valence-corrected chi connectivity index (χ3v) is 2.20. The molecule has 1 rings (SSSR count). The van der Waals surface area contributed by atoms with Gasteiger partial charge in [-0.2, -0.15) is 5.26 Å². The lowest BCUT2D eigenvalue weighted by Crippen LogP contribution is -1.92. The van der Waals surface area contributed by atoms with Crippen LogP contribution in [0.25, 0.3) is 0 Å². The fraction of sp³-hybridized carbons (Fsp3) is 0. The number of benzene rings is 1. The second-order valence-corrected chi connectivity index (χ2v) is 3.36. The third-order valence-electron chi connectivity index (χ3n) is 1.37. The lowest BCUT2D eigenvalue weighted by atomic mass is 10.1. The molecule has 0 spiro atoms. The molecule has 0 atom stereocenters. The average molecular weight is 234 g/mol. The van der Waals surface area contributed by atoms with E-state index in [0.29, 0.717) is 0 Å². The molecule has 0 saturated heterocycles. The van der Waals surface area contributed by atoms with E-state index in [9.17, 15) is 4.79 Å². The predicted octanol–water partition coefficient (Wildman–Crippen LogP) is 3.24. The Labute approximate surface area is 89.6 Å². The first-order valence-corrected chi connectivity index (χ1v) is 4.28. The smallest absolute Gasteiger partial charge is 0.253 e. The zero-order chi connectivity index (χ0) is 10.0. The molecule has 0 bridgehead atoms. The molecule has 13 heavy (non-hydrogen) atoms. The van der Waals surface area contributed by atoms with Gasteiger partial charge in [-0.05, 0) is 23.7 Å². The number of halogens is 3. The average Bonchev–Trinajstić information content (AvgIpc) is 2.08. The van der Waals surface area contributed by atoms with E-state index in [1.165, 1.54) is 12.1 Å². The van der Waals surface area contributed by atoms with Gasteiger partial charge in [-0.15, -0.1) is 0 Å². The van der Waals surface area contributed by atoms with Crippen LogP contribution < -0.4 is 0 Å². The van der Waals surface area contributed by atoms with Gasteiger partial charge in [-0.1, -0.05) is 23.2 Å². The minimum absolute atomic E-state index is 0.0342. The molecule has 0 aromatic heterocycles. The first-order chi connectivity index (χ1) is 6.06. The van der Waals surface area contributed by atoms with E-state index in [1.54, 1.807) is 6.07 Å². The maximum absolute atomic E-state index is 10.8. The van der Waals surface area contributed by atoms with Crippen LogP contribution in [0.1, 0.15) is 15.9 Å². The maximum Gasteiger partial charge on any atom is 0.253 e. The third kappa shape index (κ3) is 2.13. The molecule has 5 heteroatoms. The van der Waals surface area contributed by atoms with Gasteiger partial charge >= 0.3 is 0 Å². The van der Waals surface area contributed by atoms with Gasteiger partial charge in [0.1, 0.15) is 6.07 Å². The summed E-state index contributed by atoms with van der Waals surface area (Å²) in [5.41, 5.74) is 0.186. The van der Waals surface area contributed by atoms with Gasteiger partial charge in [-0.3, -0.25) is 4.79 Å². The number of hydrogen-bond acceptors (Lipinski definition) is 2. The highest BCUT2D eigenvalue weighted by molar-refractivity contribution is 6.69. The van der Waals surface area contributed by atoms with Crippen LogP contribution in [0.4, 0.5) is 0 Å². The van der Waals surface area contributed by atoms with Crippen LogP contribution in [0.2, 0.25) is 10.0 Å². The standard InChI is InChI=1S/C8H2Cl3NO/c9-5-1-4(3-12)7(10)6(2-5)8(11)13/h1-2H. The molecule has 0 aliphatic heterocycles. The van der Waals surface area contributed by atoms with Gasteiger partial charge in [0.25, 0.3) is 5.24 Å². The summed E-state index contributed by atoms with van der Waals surface area (Å²) in [5.74, 6) is 0. The van der Waals surface area contributed by atoms with Crippen LogP contribution in [0.3, 0.4) is 0 Å². The number of rotatable bonds is 1. The number of carbonyl (C=O) groups is 1. The molecule has 66 valence electrons.